The third kappa shape index (κ3) is 3.47. The molecule has 0 unspecified atom stereocenters. The first-order valence-electron chi connectivity index (χ1n) is 6.86. The van der Waals surface area contributed by atoms with Crippen molar-refractivity contribution < 1.29 is 4.74 Å². The summed E-state index contributed by atoms with van der Waals surface area (Å²) in [6, 6.07) is 6.23. The molecule has 1 heterocycles. The molecule has 1 aromatic heterocycles. The van der Waals surface area contributed by atoms with Crippen LogP contribution in [0.5, 0.6) is 5.75 Å². The molecule has 0 saturated carbocycles. The third-order valence-corrected chi connectivity index (χ3v) is 3.08. The maximum atomic E-state index is 5.55. The molecule has 2 aromatic rings. The number of benzene rings is 1. The average Bonchev–Trinajstić information content (AvgIpc) is 2.43. The Morgan fingerprint density at radius 2 is 2.00 bits per heavy atom. The van der Waals surface area contributed by atoms with Gasteiger partial charge >= 0.3 is 0 Å². The van der Waals surface area contributed by atoms with Gasteiger partial charge in [-0.05, 0) is 44.9 Å². The smallest absolute Gasteiger partial charge is 0.148 e. The number of nitrogens with zero attached hydrogens (tertiary/aromatic N) is 2. The quantitative estimate of drug-likeness (QED) is 0.905. The van der Waals surface area contributed by atoms with Crippen LogP contribution in [0, 0.1) is 20.8 Å². The molecule has 106 valence electrons. The largest absolute Gasteiger partial charge is 0.494 e. The van der Waals surface area contributed by atoms with Gasteiger partial charge in [-0.2, -0.15) is 0 Å². The van der Waals surface area contributed by atoms with Crippen LogP contribution in [-0.2, 0) is 6.54 Å². The Morgan fingerprint density at radius 1 is 1.20 bits per heavy atom. The zero-order valence-electron chi connectivity index (χ0n) is 12.5. The van der Waals surface area contributed by atoms with E-state index in [2.05, 4.69) is 34.3 Å². The number of aryl methyl sites for hydroxylation is 3. The Labute approximate surface area is 120 Å². The van der Waals surface area contributed by atoms with E-state index in [1.54, 1.807) is 6.20 Å². The van der Waals surface area contributed by atoms with E-state index < -0.39 is 0 Å². The Balaban J connectivity index is 2.07. The minimum absolute atomic E-state index is 0.691. The van der Waals surface area contributed by atoms with E-state index in [0.29, 0.717) is 6.61 Å². The van der Waals surface area contributed by atoms with E-state index >= 15 is 0 Å². The molecule has 20 heavy (non-hydrogen) atoms. The minimum atomic E-state index is 0.691. The molecule has 1 N–H and O–H groups in total. The highest BCUT2D eigenvalue weighted by Gasteiger charge is 2.04. The lowest BCUT2D eigenvalue weighted by atomic mass is 10.1. The first kappa shape index (κ1) is 14.3. The van der Waals surface area contributed by atoms with E-state index in [9.17, 15) is 0 Å². The van der Waals surface area contributed by atoms with Crippen LogP contribution < -0.4 is 10.1 Å². The zero-order valence-corrected chi connectivity index (χ0v) is 12.5. The van der Waals surface area contributed by atoms with Crippen LogP contribution in [0.15, 0.2) is 24.4 Å². The van der Waals surface area contributed by atoms with Crippen molar-refractivity contribution in [2.75, 3.05) is 11.9 Å². The molecule has 0 aliphatic rings. The fourth-order valence-electron chi connectivity index (χ4n) is 2.03. The highest BCUT2D eigenvalue weighted by molar-refractivity contribution is 5.42. The summed E-state index contributed by atoms with van der Waals surface area (Å²) in [6.07, 6.45) is 1.78. The topological polar surface area (TPSA) is 47.0 Å². The van der Waals surface area contributed by atoms with E-state index in [-0.39, 0.29) is 0 Å². The van der Waals surface area contributed by atoms with Crippen LogP contribution in [0.25, 0.3) is 0 Å². The summed E-state index contributed by atoms with van der Waals surface area (Å²) in [6.45, 7) is 9.37. The fourth-order valence-corrected chi connectivity index (χ4v) is 2.03. The van der Waals surface area contributed by atoms with E-state index in [0.717, 1.165) is 35.1 Å². The molecule has 4 heteroatoms. The zero-order chi connectivity index (χ0) is 14.5. The molecule has 0 radical (unpaired) electrons. The highest BCUT2D eigenvalue weighted by Crippen LogP contribution is 2.20. The van der Waals surface area contributed by atoms with Gasteiger partial charge in [0, 0.05) is 12.7 Å². The van der Waals surface area contributed by atoms with Crippen LogP contribution in [0.1, 0.15) is 29.4 Å². The van der Waals surface area contributed by atoms with Crippen molar-refractivity contribution in [3.63, 3.8) is 0 Å². The second-order valence-corrected chi connectivity index (χ2v) is 4.83. The number of rotatable bonds is 5. The monoisotopic (exact) mass is 271 g/mol. The van der Waals surface area contributed by atoms with Gasteiger partial charge in [-0.3, -0.25) is 4.98 Å². The maximum Gasteiger partial charge on any atom is 0.148 e. The van der Waals surface area contributed by atoms with Gasteiger partial charge in [-0.1, -0.05) is 12.1 Å². The molecule has 0 bridgehead atoms. The fraction of sp³-hybridized carbons (Fsp3) is 0.375. The molecule has 4 nitrogen and oxygen atoms in total. The number of aromatic nitrogens is 2. The van der Waals surface area contributed by atoms with Crippen LogP contribution in [0.2, 0.25) is 0 Å². The molecule has 1 aromatic carbocycles. The van der Waals surface area contributed by atoms with Crippen molar-refractivity contribution in [3.8, 4) is 5.75 Å². The summed E-state index contributed by atoms with van der Waals surface area (Å²) in [7, 11) is 0. The molecule has 0 aliphatic carbocycles. The molecule has 0 aliphatic heterocycles. The summed E-state index contributed by atoms with van der Waals surface area (Å²) in [5, 5.41) is 3.33. The molecule has 0 spiro atoms. The summed E-state index contributed by atoms with van der Waals surface area (Å²) in [5.41, 5.74) is 4.19. The Bertz CT molecular complexity index is 596. The SMILES string of the molecule is CCOc1ccc(CNc2nc(C)cnc2C)cc1C. The van der Waals surface area contributed by atoms with E-state index in [1.807, 2.05) is 26.8 Å². The minimum Gasteiger partial charge on any atom is -0.494 e. The van der Waals surface area contributed by atoms with Gasteiger partial charge in [-0.25, -0.2) is 4.98 Å². The molecule has 0 amide bonds. The summed E-state index contributed by atoms with van der Waals surface area (Å²) in [4.78, 5) is 8.76. The van der Waals surface area contributed by atoms with Crippen LogP contribution in [0.4, 0.5) is 5.82 Å². The first-order valence-corrected chi connectivity index (χ1v) is 6.86. The normalized spacial score (nSPS) is 10.4. The molecule has 0 fully saturated rings. The lowest BCUT2D eigenvalue weighted by Gasteiger charge is -2.11. The Kier molecular flexibility index (Phi) is 4.56. The van der Waals surface area contributed by atoms with Gasteiger partial charge in [0.2, 0.25) is 0 Å². The molecule has 2 rings (SSSR count). The first-order chi connectivity index (χ1) is 9.60. The second-order valence-electron chi connectivity index (χ2n) is 4.83. The number of hydrogen-bond acceptors (Lipinski definition) is 4. The molecule has 0 atom stereocenters. The van der Waals surface area contributed by atoms with Gasteiger partial charge < -0.3 is 10.1 Å². The highest BCUT2D eigenvalue weighted by atomic mass is 16.5. The van der Waals surface area contributed by atoms with Crippen LogP contribution in [-0.4, -0.2) is 16.6 Å². The lowest BCUT2D eigenvalue weighted by Crippen LogP contribution is -2.05. The van der Waals surface area contributed by atoms with Gasteiger partial charge in [0.1, 0.15) is 11.6 Å². The van der Waals surface area contributed by atoms with Gasteiger partial charge in [0.25, 0.3) is 0 Å². The predicted octanol–water partition coefficient (Wildman–Crippen LogP) is 3.41. The standard InChI is InChI=1S/C16H21N3O/c1-5-20-15-7-6-14(8-11(15)2)10-18-16-13(4)17-9-12(3)19-16/h6-9H,5,10H2,1-4H3,(H,18,19). The van der Waals surface area contributed by atoms with Gasteiger partial charge in [0.15, 0.2) is 0 Å². The molecular weight excluding hydrogens is 250 g/mol. The lowest BCUT2D eigenvalue weighted by molar-refractivity contribution is 0.338. The third-order valence-electron chi connectivity index (χ3n) is 3.08. The van der Waals surface area contributed by atoms with E-state index in [4.69, 9.17) is 4.74 Å². The molecular formula is C16H21N3O. The van der Waals surface area contributed by atoms with Gasteiger partial charge in [-0.15, -0.1) is 0 Å². The second kappa shape index (κ2) is 6.37. The Hall–Kier alpha value is -2.10. The van der Waals surface area contributed by atoms with Crippen molar-refractivity contribution in [1.29, 1.82) is 0 Å². The number of ether oxygens (including phenoxy) is 1. The Morgan fingerprint density at radius 3 is 2.70 bits per heavy atom. The van der Waals surface area contributed by atoms with Crippen molar-refractivity contribution in [2.24, 2.45) is 0 Å². The average molecular weight is 271 g/mol. The van der Waals surface area contributed by atoms with Crippen molar-refractivity contribution in [2.45, 2.75) is 34.2 Å². The van der Waals surface area contributed by atoms with Gasteiger partial charge in [0.05, 0.1) is 18.0 Å². The van der Waals surface area contributed by atoms with Crippen molar-refractivity contribution in [3.05, 3.63) is 46.9 Å². The number of anilines is 1. The number of nitrogens with one attached hydrogen (secondary N) is 1. The summed E-state index contributed by atoms with van der Waals surface area (Å²) < 4.78 is 5.55. The molecule has 0 saturated heterocycles. The summed E-state index contributed by atoms with van der Waals surface area (Å²) in [5.74, 6) is 1.79. The van der Waals surface area contributed by atoms with Crippen molar-refractivity contribution in [1.82, 2.24) is 9.97 Å². The van der Waals surface area contributed by atoms with Crippen molar-refractivity contribution >= 4 is 5.82 Å². The maximum absolute atomic E-state index is 5.55. The summed E-state index contributed by atoms with van der Waals surface area (Å²) >= 11 is 0. The number of hydrogen-bond donors (Lipinski definition) is 1. The van der Waals surface area contributed by atoms with E-state index in [1.165, 1.54) is 5.56 Å². The predicted molar refractivity (Wildman–Crippen MR) is 81.2 cm³/mol. The van der Waals surface area contributed by atoms with Crippen LogP contribution in [0.3, 0.4) is 0 Å². The van der Waals surface area contributed by atoms with Crippen LogP contribution >= 0.6 is 0 Å².